The first kappa shape index (κ1) is 17.8. The van der Waals surface area contributed by atoms with Crippen LogP contribution in [0.1, 0.15) is 21.9 Å². The zero-order valence-corrected chi connectivity index (χ0v) is 15.5. The standard InChI is InChI=1S/C21H16BrNO3/c22-17-8-10-18(11-9-17)25-15-19-12-13-20(26-19)21(24)23-14-4-7-16-5-2-1-3-6-16/h1-3,5-6,8-13H,14-15H2,(H,23,24). The minimum atomic E-state index is -0.303. The summed E-state index contributed by atoms with van der Waals surface area (Å²) in [5, 5.41) is 2.71. The average molecular weight is 410 g/mol. The summed E-state index contributed by atoms with van der Waals surface area (Å²) < 4.78 is 12.1. The maximum absolute atomic E-state index is 12.1. The van der Waals surface area contributed by atoms with Gasteiger partial charge in [0.05, 0.1) is 6.54 Å². The van der Waals surface area contributed by atoms with Crippen molar-refractivity contribution in [3.05, 3.63) is 88.3 Å². The van der Waals surface area contributed by atoms with E-state index in [9.17, 15) is 4.79 Å². The summed E-state index contributed by atoms with van der Waals surface area (Å²) in [7, 11) is 0. The smallest absolute Gasteiger partial charge is 0.287 e. The Hall–Kier alpha value is -2.97. The minimum Gasteiger partial charge on any atom is -0.486 e. The molecular weight excluding hydrogens is 394 g/mol. The molecule has 0 spiro atoms. The number of carbonyl (C=O) groups is 1. The number of carbonyl (C=O) groups excluding carboxylic acids is 1. The van der Waals surface area contributed by atoms with Crippen molar-refractivity contribution < 1.29 is 13.9 Å². The van der Waals surface area contributed by atoms with Crippen LogP contribution in [0, 0.1) is 11.8 Å². The van der Waals surface area contributed by atoms with Crippen LogP contribution in [0.2, 0.25) is 0 Å². The molecule has 0 radical (unpaired) electrons. The van der Waals surface area contributed by atoms with Crippen LogP contribution in [-0.4, -0.2) is 12.5 Å². The summed E-state index contributed by atoms with van der Waals surface area (Å²) in [5.41, 5.74) is 0.909. The largest absolute Gasteiger partial charge is 0.486 e. The molecule has 0 fully saturated rings. The first-order valence-corrected chi connectivity index (χ1v) is 8.79. The van der Waals surface area contributed by atoms with Crippen molar-refractivity contribution >= 4 is 21.8 Å². The van der Waals surface area contributed by atoms with Gasteiger partial charge in [0, 0.05) is 10.0 Å². The molecule has 26 heavy (non-hydrogen) atoms. The highest BCUT2D eigenvalue weighted by Gasteiger charge is 2.10. The van der Waals surface area contributed by atoms with Gasteiger partial charge in [0.15, 0.2) is 5.76 Å². The number of hydrogen-bond acceptors (Lipinski definition) is 3. The quantitative estimate of drug-likeness (QED) is 0.635. The number of rotatable bonds is 5. The van der Waals surface area contributed by atoms with Crippen molar-refractivity contribution in [2.24, 2.45) is 0 Å². The van der Waals surface area contributed by atoms with Crippen LogP contribution in [0.4, 0.5) is 0 Å². The second kappa shape index (κ2) is 8.93. The molecule has 0 aliphatic rings. The summed E-state index contributed by atoms with van der Waals surface area (Å²) in [4.78, 5) is 12.1. The minimum absolute atomic E-state index is 0.237. The van der Waals surface area contributed by atoms with Gasteiger partial charge in [0.2, 0.25) is 0 Å². The lowest BCUT2D eigenvalue weighted by Gasteiger charge is -2.04. The third-order valence-electron chi connectivity index (χ3n) is 3.42. The molecule has 5 heteroatoms. The Morgan fingerprint density at radius 2 is 1.81 bits per heavy atom. The number of nitrogens with one attached hydrogen (secondary N) is 1. The molecule has 3 aromatic rings. The highest BCUT2D eigenvalue weighted by Crippen LogP contribution is 2.18. The van der Waals surface area contributed by atoms with Gasteiger partial charge in [-0.05, 0) is 48.5 Å². The Bertz CT molecular complexity index is 921. The van der Waals surface area contributed by atoms with E-state index < -0.39 is 0 Å². The zero-order valence-electron chi connectivity index (χ0n) is 13.9. The highest BCUT2D eigenvalue weighted by molar-refractivity contribution is 9.10. The Kier molecular flexibility index (Phi) is 6.13. The summed E-state index contributed by atoms with van der Waals surface area (Å²) in [6, 6.07) is 20.5. The van der Waals surface area contributed by atoms with Crippen molar-refractivity contribution in [2.75, 3.05) is 6.54 Å². The first-order valence-electron chi connectivity index (χ1n) is 8.00. The normalized spacial score (nSPS) is 9.88. The van der Waals surface area contributed by atoms with E-state index in [1.54, 1.807) is 12.1 Å². The van der Waals surface area contributed by atoms with Crippen LogP contribution in [0.3, 0.4) is 0 Å². The Morgan fingerprint density at radius 3 is 2.58 bits per heavy atom. The molecule has 130 valence electrons. The van der Waals surface area contributed by atoms with Crippen molar-refractivity contribution in [1.82, 2.24) is 5.32 Å². The van der Waals surface area contributed by atoms with Crippen molar-refractivity contribution in [1.29, 1.82) is 0 Å². The van der Waals surface area contributed by atoms with Crippen LogP contribution < -0.4 is 10.1 Å². The molecule has 0 aliphatic heterocycles. The van der Waals surface area contributed by atoms with Gasteiger partial charge in [0.1, 0.15) is 18.1 Å². The number of halogens is 1. The molecule has 0 saturated heterocycles. The molecule has 0 saturated carbocycles. The second-order valence-corrected chi connectivity index (χ2v) is 6.27. The average Bonchev–Trinajstić information content (AvgIpc) is 3.15. The Balaban J connectivity index is 1.48. The van der Waals surface area contributed by atoms with Crippen LogP contribution in [0.5, 0.6) is 5.75 Å². The Morgan fingerprint density at radius 1 is 1.04 bits per heavy atom. The molecule has 1 amide bonds. The molecule has 1 aromatic heterocycles. The van der Waals surface area contributed by atoms with Gasteiger partial charge in [-0.1, -0.05) is 46.0 Å². The summed E-state index contributed by atoms with van der Waals surface area (Å²) in [6.45, 7) is 0.502. The van der Waals surface area contributed by atoms with E-state index in [-0.39, 0.29) is 24.8 Å². The van der Waals surface area contributed by atoms with E-state index >= 15 is 0 Å². The highest BCUT2D eigenvalue weighted by atomic mass is 79.9. The van der Waals surface area contributed by atoms with E-state index in [1.807, 2.05) is 54.6 Å². The summed E-state index contributed by atoms with van der Waals surface area (Å²) in [6.07, 6.45) is 0. The third kappa shape index (κ3) is 5.27. The van der Waals surface area contributed by atoms with Crippen molar-refractivity contribution in [3.63, 3.8) is 0 Å². The fourth-order valence-electron chi connectivity index (χ4n) is 2.14. The molecule has 0 atom stereocenters. The van der Waals surface area contributed by atoms with Crippen molar-refractivity contribution in [2.45, 2.75) is 6.61 Å². The van der Waals surface area contributed by atoms with E-state index in [0.717, 1.165) is 15.8 Å². The number of hydrogen-bond donors (Lipinski definition) is 1. The van der Waals surface area contributed by atoms with E-state index in [1.165, 1.54) is 0 Å². The fourth-order valence-corrected chi connectivity index (χ4v) is 2.41. The SMILES string of the molecule is O=C(NCC#Cc1ccccc1)c1ccc(COc2ccc(Br)cc2)o1. The number of amides is 1. The van der Waals surface area contributed by atoms with Crippen LogP contribution in [0.25, 0.3) is 0 Å². The number of furan rings is 1. The molecule has 3 rings (SSSR count). The zero-order chi connectivity index (χ0) is 18.2. The molecule has 0 unspecified atom stereocenters. The van der Waals surface area contributed by atoms with Crippen LogP contribution in [-0.2, 0) is 6.61 Å². The van der Waals surface area contributed by atoms with Gasteiger partial charge in [-0.15, -0.1) is 0 Å². The molecule has 0 aliphatic carbocycles. The van der Waals surface area contributed by atoms with Gasteiger partial charge in [-0.3, -0.25) is 4.79 Å². The molecular formula is C21H16BrNO3. The van der Waals surface area contributed by atoms with Gasteiger partial charge >= 0.3 is 0 Å². The van der Waals surface area contributed by atoms with Crippen molar-refractivity contribution in [3.8, 4) is 17.6 Å². The topological polar surface area (TPSA) is 51.5 Å². The molecule has 1 heterocycles. The Labute approximate surface area is 160 Å². The first-order chi connectivity index (χ1) is 12.7. The summed E-state index contributed by atoms with van der Waals surface area (Å²) >= 11 is 3.37. The predicted octanol–water partition coefficient (Wildman–Crippen LogP) is 4.40. The predicted molar refractivity (Wildman–Crippen MR) is 103 cm³/mol. The lowest BCUT2D eigenvalue weighted by molar-refractivity contribution is 0.0927. The van der Waals surface area contributed by atoms with E-state index in [4.69, 9.17) is 9.15 Å². The van der Waals surface area contributed by atoms with E-state index in [2.05, 4.69) is 33.1 Å². The van der Waals surface area contributed by atoms with Crippen LogP contribution in [0.15, 0.2) is 75.6 Å². The maximum atomic E-state index is 12.1. The molecule has 0 bridgehead atoms. The third-order valence-corrected chi connectivity index (χ3v) is 3.95. The molecule has 2 aromatic carbocycles. The second-order valence-electron chi connectivity index (χ2n) is 5.36. The lowest BCUT2D eigenvalue weighted by atomic mass is 10.2. The molecule has 4 nitrogen and oxygen atoms in total. The summed E-state index contributed by atoms with van der Waals surface area (Å²) in [5.74, 6) is 7.13. The van der Waals surface area contributed by atoms with Gasteiger partial charge in [0.25, 0.3) is 5.91 Å². The van der Waals surface area contributed by atoms with E-state index in [0.29, 0.717) is 5.76 Å². The van der Waals surface area contributed by atoms with Crippen LogP contribution >= 0.6 is 15.9 Å². The fraction of sp³-hybridized carbons (Fsp3) is 0.0952. The van der Waals surface area contributed by atoms with Gasteiger partial charge in [-0.25, -0.2) is 0 Å². The number of benzene rings is 2. The van der Waals surface area contributed by atoms with Gasteiger partial charge in [-0.2, -0.15) is 0 Å². The number of ether oxygens (including phenoxy) is 1. The lowest BCUT2D eigenvalue weighted by Crippen LogP contribution is -2.23. The maximum Gasteiger partial charge on any atom is 0.287 e. The van der Waals surface area contributed by atoms with Gasteiger partial charge < -0.3 is 14.5 Å². The molecule has 1 N–H and O–H groups in total. The monoisotopic (exact) mass is 409 g/mol.